The van der Waals surface area contributed by atoms with Crippen LogP contribution in [-0.2, 0) is 32.1 Å². The van der Waals surface area contributed by atoms with Gasteiger partial charge in [-0.15, -0.1) is 16.4 Å². The van der Waals surface area contributed by atoms with Gasteiger partial charge in [-0.3, -0.25) is 9.89 Å². The molecule has 5 aromatic rings. The van der Waals surface area contributed by atoms with E-state index in [9.17, 15) is 29.0 Å². The Morgan fingerprint density at radius 2 is 2.00 bits per heavy atom. The molecule has 16 heteroatoms. The lowest BCUT2D eigenvalue weighted by Crippen LogP contribution is -2.51. The summed E-state index contributed by atoms with van der Waals surface area (Å²) in [5.41, 5.74) is -0.704. The van der Waals surface area contributed by atoms with Crippen molar-refractivity contribution in [2.45, 2.75) is 25.6 Å². The third-order valence-electron chi connectivity index (χ3n) is 5.75. The van der Waals surface area contributed by atoms with Crippen LogP contribution in [0.25, 0.3) is 27.6 Å². The van der Waals surface area contributed by atoms with E-state index >= 15 is 0 Å². The molecule has 5 rings (SSSR count). The van der Waals surface area contributed by atoms with Crippen LogP contribution in [0.3, 0.4) is 0 Å². The van der Waals surface area contributed by atoms with Gasteiger partial charge in [0.05, 0.1) is 34.7 Å². The summed E-state index contributed by atoms with van der Waals surface area (Å²) in [5.74, 6) is -4.34. The topological polar surface area (TPSA) is 185 Å². The first kappa shape index (κ1) is 26.3. The minimum Gasteiger partial charge on any atom is -0.479 e. The van der Waals surface area contributed by atoms with Gasteiger partial charge in [-0.1, -0.05) is 21.1 Å². The van der Waals surface area contributed by atoms with Gasteiger partial charge in [0.1, 0.15) is 5.52 Å². The zero-order valence-corrected chi connectivity index (χ0v) is 22.2. The van der Waals surface area contributed by atoms with E-state index in [4.69, 9.17) is 4.74 Å². The monoisotopic (exact) mass is 617 g/mol. The number of aliphatic carboxylic acids is 2. The summed E-state index contributed by atoms with van der Waals surface area (Å²) in [7, 11) is 0. The van der Waals surface area contributed by atoms with E-state index in [-0.39, 0.29) is 22.2 Å². The lowest BCUT2D eigenvalue weighted by molar-refractivity contribution is -0.185. The number of hydrogen-bond donors (Lipinski definition) is 4. The first-order valence-electron chi connectivity index (χ1n) is 11.1. The van der Waals surface area contributed by atoms with Gasteiger partial charge in [-0.25, -0.2) is 23.6 Å². The SMILES string of the molecule is CC(=O)Nc1nc(CC(OCc2[nH]nc3cc(-n4nnc5c(F)cc(Br)cc54)ccc23)(C(=O)O)C(=O)O)cs1. The number of nitrogens with zero attached hydrogens (tertiary/aromatic N) is 5. The quantitative estimate of drug-likeness (QED) is 0.179. The standard InChI is InChI=1S/C23H17BrFN7O6S/c1-10(33)26-22-27-12(9-39-22)7-23(20(34)35,21(36)37)38-8-17-14-3-2-13(6-16(14)28-29-17)32-18-5-11(24)4-15(25)19(18)30-31-32/h2-6,9H,7-8H2,1H3,(H,28,29)(H,34,35)(H,36,37)(H,26,27,33). The smallest absolute Gasteiger partial charge is 0.348 e. The fourth-order valence-electron chi connectivity index (χ4n) is 3.90. The number of carbonyl (C=O) groups excluding carboxylic acids is 1. The summed E-state index contributed by atoms with van der Waals surface area (Å²) < 4.78 is 21.7. The summed E-state index contributed by atoms with van der Waals surface area (Å²) in [4.78, 5) is 39.6. The molecule has 0 saturated heterocycles. The zero-order chi connectivity index (χ0) is 27.9. The lowest BCUT2D eigenvalue weighted by atomic mass is 9.98. The van der Waals surface area contributed by atoms with E-state index < -0.39 is 36.4 Å². The second-order valence-electron chi connectivity index (χ2n) is 8.39. The minimum atomic E-state index is -2.66. The van der Waals surface area contributed by atoms with Crippen LogP contribution in [0.2, 0.25) is 0 Å². The van der Waals surface area contributed by atoms with Crippen LogP contribution >= 0.6 is 27.3 Å². The molecule has 3 aromatic heterocycles. The molecule has 13 nitrogen and oxygen atoms in total. The molecule has 0 fully saturated rings. The zero-order valence-electron chi connectivity index (χ0n) is 19.8. The number of anilines is 1. The Morgan fingerprint density at radius 1 is 1.23 bits per heavy atom. The van der Waals surface area contributed by atoms with Crippen LogP contribution in [0, 0.1) is 5.82 Å². The summed E-state index contributed by atoms with van der Waals surface area (Å²) >= 11 is 4.29. The Balaban J connectivity index is 1.42. The molecule has 39 heavy (non-hydrogen) atoms. The summed E-state index contributed by atoms with van der Waals surface area (Å²) in [6.07, 6.45) is -0.588. The molecule has 200 valence electrons. The summed E-state index contributed by atoms with van der Waals surface area (Å²) in [5, 5.41) is 39.2. The van der Waals surface area contributed by atoms with Crippen molar-refractivity contribution in [3.63, 3.8) is 0 Å². The highest BCUT2D eigenvalue weighted by Gasteiger charge is 2.49. The van der Waals surface area contributed by atoms with E-state index in [2.05, 4.69) is 46.7 Å². The number of rotatable bonds is 9. The van der Waals surface area contributed by atoms with Crippen LogP contribution in [0.4, 0.5) is 9.52 Å². The number of hydrogen-bond acceptors (Lipinski definition) is 9. The van der Waals surface area contributed by atoms with Gasteiger partial charge in [-0.05, 0) is 30.3 Å². The highest BCUT2D eigenvalue weighted by Crippen LogP contribution is 2.28. The third-order valence-corrected chi connectivity index (χ3v) is 7.02. The van der Waals surface area contributed by atoms with E-state index in [1.54, 1.807) is 24.3 Å². The number of carbonyl (C=O) groups is 3. The average Bonchev–Trinajstić information content (AvgIpc) is 3.59. The van der Waals surface area contributed by atoms with Crippen LogP contribution in [0.15, 0.2) is 40.2 Å². The molecule has 0 aliphatic rings. The number of H-pyrrole nitrogens is 1. The fraction of sp³-hybridized carbons (Fsp3) is 0.174. The first-order chi connectivity index (χ1) is 18.6. The summed E-state index contributed by atoms with van der Waals surface area (Å²) in [6.45, 7) is 0.856. The number of aromatic amines is 1. The Kier molecular flexibility index (Phi) is 6.83. The molecule has 0 unspecified atom stereocenters. The molecular weight excluding hydrogens is 601 g/mol. The fourth-order valence-corrected chi connectivity index (χ4v) is 5.08. The van der Waals surface area contributed by atoms with Gasteiger partial charge in [0.25, 0.3) is 5.60 Å². The second-order valence-corrected chi connectivity index (χ2v) is 10.2. The Bertz CT molecular complexity index is 1750. The van der Waals surface area contributed by atoms with Gasteiger partial charge in [0, 0.05) is 28.6 Å². The number of thiazole rings is 1. The second kappa shape index (κ2) is 10.1. The molecule has 1 amide bonds. The number of nitrogens with one attached hydrogen (secondary N) is 2. The van der Waals surface area contributed by atoms with Crippen molar-refractivity contribution in [2.24, 2.45) is 0 Å². The maximum atomic E-state index is 14.2. The largest absolute Gasteiger partial charge is 0.479 e. The predicted molar refractivity (Wildman–Crippen MR) is 139 cm³/mol. The lowest BCUT2D eigenvalue weighted by Gasteiger charge is -2.24. The summed E-state index contributed by atoms with van der Waals surface area (Å²) in [6, 6.07) is 7.95. The highest BCUT2D eigenvalue weighted by molar-refractivity contribution is 9.10. The molecule has 0 saturated carbocycles. The number of fused-ring (bicyclic) bond motifs is 2. The Morgan fingerprint density at radius 3 is 2.72 bits per heavy atom. The van der Waals surface area contributed by atoms with Crippen molar-refractivity contribution in [1.29, 1.82) is 0 Å². The molecule has 0 aliphatic heterocycles. The first-order valence-corrected chi connectivity index (χ1v) is 12.8. The van der Waals surface area contributed by atoms with Gasteiger partial charge in [-0.2, -0.15) is 5.10 Å². The van der Waals surface area contributed by atoms with Crippen LogP contribution < -0.4 is 5.32 Å². The Hall–Kier alpha value is -4.28. The number of ether oxygens (including phenoxy) is 1. The maximum absolute atomic E-state index is 14.2. The molecule has 4 N–H and O–H groups in total. The molecule has 0 bridgehead atoms. The number of halogens is 2. The minimum absolute atomic E-state index is 0.0948. The Labute approximate surface area is 229 Å². The van der Waals surface area contributed by atoms with Crippen molar-refractivity contribution in [3.05, 3.63) is 57.4 Å². The number of amides is 1. The average molecular weight is 618 g/mol. The van der Waals surface area contributed by atoms with E-state index in [0.29, 0.717) is 32.3 Å². The third kappa shape index (κ3) is 4.96. The molecule has 0 atom stereocenters. The van der Waals surface area contributed by atoms with Crippen LogP contribution in [0.1, 0.15) is 18.3 Å². The number of carboxylic acids is 2. The van der Waals surface area contributed by atoms with E-state index in [0.717, 1.165) is 11.3 Å². The van der Waals surface area contributed by atoms with Gasteiger partial charge >= 0.3 is 11.9 Å². The predicted octanol–water partition coefficient (Wildman–Crippen LogP) is 3.28. The van der Waals surface area contributed by atoms with Gasteiger partial charge in [0.2, 0.25) is 5.91 Å². The van der Waals surface area contributed by atoms with E-state index in [1.165, 1.54) is 23.1 Å². The van der Waals surface area contributed by atoms with Crippen molar-refractivity contribution < 1.29 is 33.7 Å². The molecule has 0 spiro atoms. The number of carboxylic acid groups (broad SMARTS) is 2. The van der Waals surface area contributed by atoms with Crippen molar-refractivity contribution in [1.82, 2.24) is 30.2 Å². The van der Waals surface area contributed by atoms with Gasteiger partial charge < -0.3 is 20.3 Å². The van der Waals surface area contributed by atoms with Crippen LogP contribution in [0.5, 0.6) is 0 Å². The highest BCUT2D eigenvalue weighted by atomic mass is 79.9. The molecule has 3 heterocycles. The molecule has 0 radical (unpaired) electrons. The number of benzene rings is 2. The maximum Gasteiger partial charge on any atom is 0.348 e. The van der Waals surface area contributed by atoms with Crippen LogP contribution in [-0.4, -0.2) is 63.8 Å². The molecule has 0 aliphatic carbocycles. The van der Waals surface area contributed by atoms with Crippen molar-refractivity contribution in [2.75, 3.05) is 5.32 Å². The van der Waals surface area contributed by atoms with E-state index in [1.807, 2.05) is 0 Å². The number of aromatic nitrogens is 6. The molecular formula is C23H17BrFN7O6S. The normalized spacial score (nSPS) is 11.8. The van der Waals surface area contributed by atoms with Crippen molar-refractivity contribution in [3.8, 4) is 5.69 Å². The molecule has 2 aromatic carbocycles. The van der Waals surface area contributed by atoms with Gasteiger partial charge in [0.15, 0.2) is 10.9 Å². The van der Waals surface area contributed by atoms with Crippen molar-refractivity contribution >= 4 is 72.2 Å².